The van der Waals surface area contributed by atoms with E-state index in [1.807, 2.05) is 6.07 Å². The minimum absolute atomic E-state index is 0.139. The van der Waals surface area contributed by atoms with Crippen LogP contribution in [0.25, 0.3) is 0 Å². The predicted octanol–water partition coefficient (Wildman–Crippen LogP) is 4.50. The van der Waals surface area contributed by atoms with Crippen LogP contribution in [0.4, 0.5) is 0 Å². The molecule has 0 aromatic heterocycles. The highest BCUT2D eigenvalue weighted by Gasteiger charge is 2.25. The quantitative estimate of drug-likeness (QED) is 0.632. The van der Waals surface area contributed by atoms with E-state index in [1.54, 1.807) is 7.11 Å². The maximum absolute atomic E-state index is 9.27. The van der Waals surface area contributed by atoms with Crippen LogP contribution in [-0.2, 0) is 4.74 Å². The summed E-state index contributed by atoms with van der Waals surface area (Å²) in [5, 5.41) is 13.1. The molecular formula is C22H31NO2. The molecular weight excluding hydrogens is 310 g/mol. The van der Waals surface area contributed by atoms with Gasteiger partial charge in [0.1, 0.15) is 0 Å². The van der Waals surface area contributed by atoms with E-state index in [0.29, 0.717) is 12.5 Å². The third-order valence-electron chi connectivity index (χ3n) is 4.80. The van der Waals surface area contributed by atoms with Gasteiger partial charge in [-0.3, -0.25) is 0 Å². The van der Waals surface area contributed by atoms with Gasteiger partial charge in [0, 0.05) is 19.8 Å². The molecule has 3 atom stereocenters. The zero-order chi connectivity index (χ0) is 17.9. The van der Waals surface area contributed by atoms with Crippen molar-refractivity contribution in [1.82, 2.24) is 5.32 Å². The molecule has 0 aliphatic rings. The molecule has 136 valence electrons. The third-order valence-corrected chi connectivity index (χ3v) is 4.80. The molecule has 0 aliphatic carbocycles. The summed E-state index contributed by atoms with van der Waals surface area (Å²) in [5.41, 5.74) is 2.53. The first-order valence-electron chi connectivity index (χ1n) is 9.25. The highest BCUT2D eigenvalue weighted by molar-refractivity contribution is 5.23. The summed E-state index contributed by atoms with van der Waals surface area (Å²) in [6.45, 7) is 3.11. The van der Waals surface area contributed by atoms with Gasteiger partial charge in [-0.05, 0) is 29.9 Å². The van der Waals surface area contributed by atoms with Gasteiger partial charge in [0.2, 0.25) is 0 Å². The SMILES string of the molecule is CC[C@H](CCCO)[C@@H](N[C@@H](COC)c1ccccc1)c1ccccc1. The van der Waals surface area contributed by atoms with Crippen LogP contribution in [-0.4, -0.2) is 25.4 Å². The average molecular weight is 341 g/mol. The smallest absolute Gasteiger partial charge is 0.0657 e. The molecule has 2 N–H and O–H groups in total. The van der Waals surface area contributed by atoms with E-state index in [4.69, 9.17) is 4.74 Å². The van der Waals surface area contributed by atoms with Crippen LogP contribution in [0.3, 0.4) is 0 Å². The monoisotopic (exact) mass is 341 g/mol. The van der Waals surface area contributed by atoms with Crippen LogP contribution in [0.2, 0.25) is 0 Å². The largest absolute Gasteiger partial charge is 0.396 e. The number of methoxy groups -OCH3 is 1. The maximum atomic E-state index is 9.27. The van der Waals surface area contributed by atoms with E-state index < -0.39 is 0 Å². The second-order valence-corrected chi connectivity index (χ2v) is 6.51. The van der Waals surface area contributed by atoms with Crippen molar-refractivity contribution >= 4 is 0 Å². The summed E-state index contributed by atoms with van der Waals surface area (Å²) in [4.78, 5) is 0. The van der Waals surface area contributed by atoms with Gasteiger partial charge in [0.25, 0.3) is 0 Å². The summed E-state index contributed by atoms with van der Waals surface area (Å²) in [5.74, 6) is 0.470. The number of ether oxygens (including phenoxy) is 1. The Morgan fingerprint density at radius 1 is 0.960 bits per heavy atom. The molecule has 0 fully saturated rings. The number of hydrogen-bond acceptors (Lipinski definition) is 3. The summed E-state index contributed by atoms with van der Waals surface area (Å²) in [6, 6.07) is 21.5. The maximum Gasteiger partial charge on any atom is 0.0657 e. The van der Waals surface area contributed by atoms with Crippen LogP contribution in [0.1, 0.15) is 49.4 Å². The Morgan fingerprint density at radius 2 is 1.56 bits per heavy atom. The predicted molar refractivity (Wildman–Crippen MR) is 103 cm³/mol. The van der Waals surface area contributed by atoms with E-state index in [1.165, 1.54) is 11.1 Å². The van der Waals surface area contributed by atoms with Crippen molar-refractivity contribution in [2.45, 2.75) is 38.3 Å². The van der Waals surface area contributed by atoms with Crippen LogP contribution in [0, 0.1) is 5.92 Å². The van der Waals surface area contributed by atoms with Crippen molar-refractivity contribution in [3.8, 4) is 0 Å². The lowest BCUT2D eigenvalue weighted by Crippen LogP contribution is -2.34. The number of nitrogens with one attached hydrogen (secondary N) is 1. The Hall–Kier alpha value is -1.68. The second-order valence-electron chi connectivity index (χ2n) is 6.51. The average Bonchev–Trinajstić information content (AvgIpc) is 2.68. The normalized spacial score (nSPS) is 14.8. The van der Waals surface area contributed by atoms with E-state index in [9.17, 15) is 5.11 Å². The molecule has 3 heteroatoms. The first-order valence-corrected chi connectivity index (χ1v) is 9.25. The summed E-state index contributed by atoms with van der Waals surface area (Å²) < 4.78 is 5.49. The molecule has 2 rings (SSSR count). The van der Waals surface area contributed by atoms with Gasteiger partial charge in [0.05, 0.1) is 12.6 Å². The fourth-order valence-corrected chi connectivity index (χ4v) is 3.43. The van der Waals surface area contributed by atoms with Crippen LogP contribution >= 0.6 is 0 Å². The zero-order valence-corrected chi connectivity index (χ0v) is 15.4. The van der Waals surface area contributed by atoms with Gasteiger partial charge < -0.3 is 15.2 Å². The molecule has 0 unspecified atom stereocenters. The minimum atomic E-state index is 0.139. The van der Waals surface area contributed by atoms with Crippen molar-refractivity contribution in [3.05, 3.63) is 71.8 Å². The van der Waals surface area contributed by atoms with E-state index >= 15 is 0 Å². The summed E-state index contributed by atoms with van der Waals surface area (Å²) in [6.07, 6.45) is 2.92. The number of aliphatic hydroxyl groups excluding tert-OH is 1. The fourth-order valence-electron chi connectivity index (χ4n) is 3.43. The standard InChI is InChI=1S/C22H31NO2/c1-3-18(15-10-16-24)22(20-13-8-5-9-14-20)23-21(17-25-2)19-11-6-4-7-12-19/h4-9,11-14,18,21-24H,3,10,15-17H2,1-2H3/t18-,21+,22-/m1/s1. The molecule has 0 bridgehead atoms. The molecule has 0 radical (unpaired) electrons. The van der Waals surface area contributed by atoms with Gasteiger partial charge in [0.15, 0.2) is 0 Å². The first kappa shape index (κ1) is 19.6. The lowest BCUT2D eigenvalue weighted by atomic mass is 9.86. The van der Waals surface area contributed by atoms with Crippen molar-refractivity contribution in [2.75, 3.05) is 20.3 Å². The van der Waals surface area contributed by atoms with Gasteiger partial charge in [-0.15, -0.1) is 0 Å². The topological polar surface area (TPSA) is 41.5 Å². The van der Waals surface area contributed by atoms with Gasteiger partial charge in [-0.1, -0.05) is 74.0 Å². The van der Waals surface area contributed by atoms with E-state index in [-0.39, 0.29) is 18.7 Å². The molecule has 0 heterocycles. The molecule has 25 heavy (non-hydrogen) atoms. The van der Waals surface area contributed by atoms with Crippen LogP contribution < -0.4 is 5.32 Å². The Bertz CT molecular complexity index is 573. The first-order chi connectivity index (χ1) is 12.3. The van der Waals surface area contributed by atoms with E-state index in [0.717, 1.165) is 19.3 Å². The lowest BCUT2D eigenvalue weighted by molar-refractivity contribution is 0.150. The van der Waals surface area contributed by atoms with Crippen molar-refractivity contribution in [2.24, 2.45) is 5.92 Å². The van der Waals surface area contributed by atoms with Gasteiger partial charge in [-0.2, -0.15) is 0 Å². The Kier molecular flexibility index (Phi) is 8.67. The van der Waals surface area contributed by atoms with Crippen LogP contribution in [0.15, 0.2) is 60.7 Å². The minimum Gasteiger partial charge on any atom is -0.396 e. The van der Waals surface area contributed by atoms with Crippen molar-refractivity contribution in [1.29, 1.82) is 0 Å². The second kappa shape index (κ2) is 11.0. The van der Waals surface area contributed by atoms with Gasteiger partial charge >= 0.3 is 0 Å². The molecule has 0 amide bonds. The highest BCUT2D eigenvalue weighted by Crippen LogP contribution is 2.31. The molecule has 0 saturated carbocycles. The molecule has 2 aromatic carbocycles. The van der Waals surface area contributed by atoms with Crippen molar-refractivity contribution in [3.63, 3.8) is 0 Å². The Balaban J connectivity index is 2.26. The fraction of sp³-hybridized carbons (Fsp3) is 0.455. The van der Waals surface area contributed by atoms with Gasteiger partial charge in [-0.25, -0.2) is 0 Å². The number of benzene rings is 2. The molecule has 0 saturated heterocycles. The summed E-state index contributed by atoms with van der Waals surface area (Å²) >= 11 is 0. The Labute approximate surface area is 152 Å². The van der Waals surface area contributed by atoms with Crippen LogP contribution in [0.5, 0.6) is 0 Å². The molecule has 0 spiro atoms. The zero-order valence-electron chi connectivity index (χ0n) is 15.4. The summed E-state index contributed by atoms with van der Waals surface area (Å²) in [7, 11) is 1.75. The molecule has 0 aliphatic heterocycles. The lowest BCUT2D eigenvalue weighted by Gasteiger charge is -2.32. The number of aliphatic hydroxyl groups is 1. The van der Waals surface area contributed by atoms with Crippen molar-refractivity contribution < 1.29 is 9.84 Å². The number of rotatable bonds is 11. The van der Waals surface area contributed by atoms with E-state index in [2.05, 4.69) is 66.8 Å². The number of hydrogen-bond donors (Lipinski definition) is 2. The highest BCUT2D eigenvalue weighted by atomic mass is 16.5. The third kappa shape index (κ3) is 5.96. The molecule has 3 nitrogen and oxygen atoms in total. The molecule has 2 aromatic rings. The Morgan fingerprint density at radius 3 is 2.08 bits per heavy atom.